The highest BCUT2D eigenvalue weighted by atomic mass is 32.1. The van der Waals surface area contributed by atoms with Crippen LogP contribution in [0.25, 0.3) is 11.3 Å². The Hall–Kier alpha value is -3.19. The Balaban J connectivity index is 1.67. The van der Waals surface area contributed by atoms with Crippen molar-refractivity contribution in [2.24, 2.45) is 0 Å². The van der Waals surface area contributed by atoms with Crippen LogP contribution in [0.5, 0.6) is 5.75 Å². The Morgan fingerprint density at radius 1 is 1.22 bits per heavy atom. The van der Waals surface area contributed by atoms with Crippen LogP contribution in [-0.4, -0.2) is 29.4 Å². The fourth-order valence-electron chi connectivity index (χ4n) is 4.00. The molecule has 0 radical (unpaired) electrons. The molecule has 0 saturated carbocycles. The molecular weight excluding hydrogens is 422 g/mol. The quantitative estimate of drug-likeness (QED) is 0.575. The van der Waals surface area contributed by atoms with Crippen molar-refractivity contribution in [2.45, 2.75) is 46.6 Å². The standard InChI is InChI=1S/C25H27N3O3S/c1-5-17-8-7-9-18(6-2)24(17)27-25(30)15(3)28-21-12-19(20-14-32-16(4)26-20)10-11-22(21)31-13-23(28)29/h7-12,14-15H,5-6,13H2,1-4H3,(H,27,30). The zero-order chi connectivity index (χ0) is 22.8. The van der Waals surface area contributed by atoms with E-state index in [-0.39, 0.29) is 18.4 Å². The third-order valence-corrected chi connectivity index (χ3v) is 6.54. The number of fused-ring (bicyclic) bond motifs is 1. The van der Waals surface area contributed by atoms with Crippen molar-refractivity contribution < 1.29 is 14.3 Å². The first-order chi connectivity index (χ1) is 15.4. The van der Waals surface area contributed by atoms with E-state index in [1.54, 1.807) is 18.3 Å². The zero-order valence-electron chi connectivity index (χ0n) is 18.8. The Labute approximate surface area is 192 Å². The number of rotatable bonds is 6. The van der Waals surface area contributed by atoms with Crippen molar-refractivity contribution in [3.63, 3.8) is 0 Å². The van der Waals surface area contributed by atoms with Gasteiger partial charge in [-0.3, -0.25) is 14.5 Å². The zero-order valence-corrected chi connectivity index (χ0v) is 19.6. The summed E-state index contributed by atoms with van der Waals surface area (Å²) >= 11 is 1.57. The summed E-state index contributed by atoms with van der Waals surface area (Å²) in [4.78, 5) is 32.2. The molecule has 1 aromatic heterocycles. The van der Waals surface area contributed by atoms with Gasteiger partial charge in [0.05, 0.1) is 16.4 Å². The molecule has 0 bridgehead atoms. The number of hydrogen-bond donors (Lipinski definition) is 1. The Morgan fingerprint density at radius 2 is 1.94 bits per heavy atom. The molecule has 0 spiro atoms. The van der Waals surface area contributed by atoms with Crippen molar-refractivity contribution in [2.75, 3.05) is 16.8 Å². The molecule has 0 saturated heterocycles. The van der Waals surface area contributed by atoms with Crippen LogP contribution in [0, 0.1) is 6.92 Å². The van der Waals surface area contributed by atoms with Gasteiger partial charge in [-0.2, -0.15) is 0 Å². The van der Waals surface area contributed by atoms with E-state index in [0.29, 0.717) is 11.4 Å². The number of benzene rings is 2. The Morgan fingerprint density at radius 3 is 2.56 bits per heavy atom. The first kappa shape index (κ1) is 22.0. The average Bonchev–Trinajstić information content (AvgIpc) is 3.24. The van der Waals surface area contributed by atoms with E-state index in [0.717, 1.165) is 45.9 Å². The molecule has 3 aromatic rings. The summed E-state index contributed by atoms with van der Waals surface area (Å²) in [5.74, 6) is 0.117. The number of thiazole rings is 1. The largest absolute Gasteiger partial charge is 0.482 e. The van der Waals surface area contributed by atoms with E-state index in [2.05, 4.69) is 24.1 Å². The molecule has 2 heterocycles. The van der Waals surface area contributed by atoms with E-state index in [1.165, 1.54) is 4.90 Å². The van der Waals surface area contributed by atoms with Crippen LogP contribution in [-0.2, 0) is 22.4 Å². The molecule has 32 heavy (non-hydrogen) atoms. The monoisotopic (exact) mass is 449 g/mol. The molecule has 6 nitrogen and oxygen atoms in total. The smallest absolute Gasteiger partial charge is 0.265 e. The fourth-order valence-corrected chi connectivity index (χ4v) is 4.62. The second-order valence-electron chi connectivity index (χ2n) is 7.81. The minimum atomic E-state index is -0.702. The van der Waals surface area contributed by atoms with Crippen molar-refractivity contribution in [3.05, 3.63) is 57.9 Å². The molecule has 0 fully saturated rings. The second-order valence-corrected chi connectivity index (χ2v) is 8.87. The van der Waals surface area contributed by atoms with Crippen LogP contribution < -0.4 is 15.0 Å². The minimum absolute atomic E-state index is 0.0917. The molecule has 1 aliphatic heterocycles. The van der Waals surface area contributed by atoms with E-state index in [9.17, 15) is 9.59 Å². The number of amides is 2. The molecule has 1 N–H and O–H groups in total. The average molecular weight is 450 g/mol. The van der Waals surface area contributed by atoms with Crippen LogP contribution in [0.2, 0.25) is 0 Å². The predicted octanol–water partition coefficient (Wildman–Crippen LogP) is 5.00. The van der Waals surface area contributed by atoms with Crippen LogP contribution in [0.15, 0.2) is 41.8 Å². The predicted molar refractivity (Wildman–Crippen MR) is 129 cm³/mol. The van der Waals surface area contributed by atoms with Gasteiger partial charge in [-0.1, -0.05) is 32.0 Å². The number of aromatic nitrogens is 1. The number of nitrogens with one attached hydrogen (secondary N) is 1. The number of para-hydroxylation sites is 1. The van der Waals surface area contributed by atoms with E-state index in [1.807, 2.05) is 48.7 Å². The molecule has 1 atom stereocenters. The third kappa shape index (κ3) is 4.12. The van der Waals surface area contributed by atoms with Gasteiger partial charge in [0.25, 0.3) is 5.91 Å². The molecule has 7 heteroatoms. The van der Waals surface area contributed by atoms with Crippen molar-refractivity contribution in [1.29, 1.82) is 0 Å². The van der Waals surface area contributed by atoms with Gasteiger partial charge in [0.2, 0.25) is 5.91 Å². The molecule has 2 amide bonds. The number of carbonyl (C=O) groups is 2. The maximum absolute atomic E-state index is 13.3. The summed E-state index contributed by atoms with van der Waals surface area (Å²) in [5, 5.41) is 6.05. The molecule has 4 rings (SSSR count). The molecule has 2 aromatic carbocycles. The summed E-state index contributed by atoms with van der Waals surface area (Å²) in [6, 6.07) is 11.0. The summed E-state index contributed by atoms with van der Waals surface area (Å²) < 4.78 is 5.64. The highest BCUT2D eigenvalue weighted by molar-refractivity contribution is 7.09. The van der Waals surface area contributed by atoms with Crippen molar-refractivity contribution in [3.8, 4) is 17.0 Å². The minimum Gasteiger partial charge on any atom is -0.482 e. The lowest BCUT2D eigenvalue weighted by atomic mass is 10.0. The summed E-state index contributed by atoms with van der Waals surface area (Å²) in [5.41, 5.74) is 5.33. The molecule has 1 unspecified atom stereocenters. The van der Waals surface area contributed by atoms with E-state index >= 15 is 0 Å². The number of anilines is 2. The van der Waals surface area contributed by atoms with Gasteiger partial charge in [-0.15, -0.1) is 11.3 Å². The van der Waals surface area contributed by atoms with Gasteiger partial charge < -0.3 is 10.1 Å². The van der Waals surface area contributed by atoms with Crippen LogP contribution >= 0.6 is 11.3 Å². The lowest BCUT2D eigenvalue weighted by Crippen LogP contribution is -2.49. The molecule has 0 aliphatic carbocycles. The highest BCUT2D eigenvalue weighted by Crippen LogP contribution is 2.37. The fraction of sp³-hybridized carbons (Fsp3) is 0.320. The molecular formula is C25H27N3O3S. The van der Waals surface area contributed by atoms with Gasteiger partial charge in [0.1, 0.15) is 11.8 Å². The number of carbonyl (C=O) groups excluding carboxylic acids is 2. The van der Waals surface area contributed by atoms with E-state index in [4.69, 9.17) is 4.74 Å². The number of ether oxygens (including phenoxy) is 1. The van der Waals surface area contributed by atoms with Gasteiger partial charge in [0.15, 0.2) is 6.61 Å². The molecule has 166 valence electrons. The third-order valence-electron chi connectivity index (χ3n) is 5.77. The van der Waals surface area contributed by atoms with Crippen LogP contribution in [0.4, 0.5) is 11.4 Å². The first-order valence-electron chi connectivity index (χ1n) is 10.9. The topological polar surface area (TPSA) is 71.5 Å². The Kier molecular flexibility index (Phi) is 6.28. The number of hydrogen-bond acceptors (Lipinski definition) is 5. The first-order valence-corrected chi connectivity index (χ1v) is 11.7. The maximum atomic E-state index is 13.3. The number of aryl methyl sites for hydroxylation is 3. The Bertz CT molecular complexity index is 1150. The maximum Gasteiger partial charge on any atom is 0.265 e. The summed E-state index contributed by atoms with van der Waals surface area (Å²) in [7, 11) is 0. The van der Waals surface area contributed by atoms with Gasteiger partial charge in [-0.05, 0) is 56.0 Å². The summed E-state index contributed by atoms with van der Waals surface area (Å²) in [6.45, 7) is 7.75. The summed E-state index contributed by atoms with van der Waals surface area (Å²) in [6.07, 6.45) is 1.63. The number of nitrogens with zero attached hydrogens (tertiary/aromatic N) is 2. The van der Waals surface area contributed by atoms with Gasteiger partial charge in [-0.25, -0.2) is 4.98 Å². The lowest BCUT2D eigenvalue weighted by molar-refractivity contribution is -0.125. The van der Waals surface area contributed by atoms with Crippen molar-refractivity contribution >= 4 is 34.5 Å². The van der Waals surface area contributed by atoms with Crippen LogP contribution in [0.1, 0.15) is 36.9 Å². The highest BCUT2D eigenvalue weighted by Gasteiger charge is 2.34. The normalized spacial score (nSPS) is 14.0. The van der Waals surface area contributed by atoms with Gasteiger partial charge >= 0.3 is 0 Å². The SMILES string of the molecule is CCc1cccc(CC)c1NC(=O)C(C)N1C(=O)COc2ccc(-c3csc(C)n3)cc21. The lowest BCUT2D eigenvalue weighted by Gasteiger charge is -2.33. The van der Waals surface area contributed by atoms with E-state index < -0.39 is 6.04 Å². The second kappa shape index (κ2) is 9.12. The van der Waals surface area contributed by atoms with Gasteiger partial charge in [0, 0.05) is 16.6 Å². The van der Waals surface area contributed by atoms with Crippen molar-refractivity contribution in [1.82, 2.24) is 4.98 Å². The molecule has 1 aliphatic rings. The van der Waals surface area contributed by atoms with Crippen LogP contribution in [0.3, 0.4) is 0 Å².